The first-order chi connectivity index (χ1) is 6.61. The van der Waals surface area contributed by atoms with Gasteiger partial charge in [-0.25, -0.2) is 0 Å². The lowest BCUT2D eigenvalue weighted by atomic mass is 10.2. The molecule has 0 aromatic heterocycles. The molecule has 1 heterocycles. The van der Waals surface area contributed by atoms with Crippen LogP contribution in [0.25, 0.3) is 0 Å². The summed E-state index contributed by atoms with van der Waals surface area (Å²) in [6.45, 7) is 5.47. The zero-order valence-electron chi connectivity index (χ0n) is 8.88. The molecule has 0 saturated carbocycles. The topological polar surface area (TPSA) is 49.4 Å². The summed E-state index contributed by atoms with van der Waals surface area (Å²) in [7, 11) is 0. The summed E-state index contributed by atoms with van der Waals surface area (Å²) < 4.78 is 0. The fraction of sp³-hybridized carbons (Fsp3) is 0.800. The highest BCUT2D eigenvalue weighted by Gasteiger charge is 2.18. The smallest absolute Gasteiger partial charge is 0.241 e. The maximum absolute atomic E-state index is 11.5. The second kappa shape index (κ2) is 4.98. The highest BCUT2D eigenvalue weighted by molar-refractivity contribution is 5.85. The molecule has 0 spiro atoms. The summed E-state index contributed by atoms with van der Waals surface area (Å²) >= 11 is 0. The van der Waals surface area contributed by atoms with Gasteiger partial charge in [-0.05, 0) is 12.8 Å². The lowest BCUT2D eigenvalue weighted by molar-refractivity contribution is -0.132. The van der Waals surface area contributed by atoms with Gasteiger partial charge in [0.15, 0.2) is 0 Å². The van der Waals surface area contributed by atoms with Gasteiger partial charge in [-0.1, -0.05) is 13.8 Å². The van der Waals surface area contributed by atoms with E-state index in [9.17, 15) is 9.59 Å². The van der Waals surface area contributed by atoms with Gasteiger partial charge in [-0.2, -0.15) is 0 Å². The van der Waals surface area contributed by atoms with E-state index in [0.29, 0.717) is 0 Å². The van der Waals surface area contributed by atoms with Crippen LogP contribution in [0.1, 0.15) is 26.7 Å². The first kappa shape index (κ1) is 11.0. The molecule has 0 aliphatic carbocycles. The van der Waals surface area contributed by atoms with Crippen LogP contribution in [0.4, 0.5) is 0 Å². The standard InChI is InChI=1S/C10H18N2O2/c1-8(2)10(14)11-7-9(13)12-5-3-4-6-12/h8H,3-7H2,1-2H3,(H,11,14). The van der Waals surface area contributed by atoms with Crippen molar-refractivity contribution < 1.29 is 9.59 Å². The molecule has 1 aliphatic heterocycles. The largest absolute Gasteiger partial charge is 0.347 e. The Kier molecular flexibility index (Phi) is 3.92. The fourth-order valence-electron chi connectivity index (χ4n) is 1.45. The van der Waals surface area contributed by atoms with Crippen molar-refractivity contribution in [3.8, 4) is 0 Å². The van der Waals surface area contributed by atoms with Crippen molar-refractivity contribution in [2.75, 3.05) is 19.6 Å². The molecule has 1 rings (SSSR count). The number of rotatable bonds is 3. The van der Waals surface area contributed by atoms with E-state index in [4.69, 9.17) is 0 Å². The van der Waals surface area contributed by atoms with Crippen LogP contribution < -0.4 is 5.32 Å². The maximum atomic E-state index is 11.5. The minimum atomic E-state index is -0.0578. The Morgan fingerprint density at radius 3 is 2.36 bits per heavy atom. The van der Waals surface area contributed by atoms with Crippen LogP contribution >= 0.6 is 0 Å². The van der Waals surface area contributed by atoms with Crippen LogP contribution in [0.2, 0.25) is 0 Å². The molecule has 1 aliphatic rings. The quantitative estimate of drug-likeness (QED) is 0.712. The molecule has 2 amide bonds. The third kappa shape index (κ3) is 3.01. The maximum Gasteiger partial charge on any atom is 0.241 e. The summed E-state index contributed by atoms with van der Waals surface area (Å²) in [6, 6.07) is 0. The molecule has 80 valence electrons. The van der Waals surface area contributed by atoms with Crippen LogP contribution in [0, 0.1) is 5.92 Å². The minimum absolute atomic E-state index is 0.0384. The molecule has 0 bridgehead atoms. The SMILES string of the molecule is CC(C)C(=O)NCC(=O)N1CCCC1. The first-order valence-corrected chi connectivity index (χ1v) is 5.16. The number of carbonyl (C=O) groups excluding carboxylic acids is 2. The number of amides is 2. The Hall–Kier alpha value is -1.06. The lowest BCUT2D eigenvalue weighted by Gasteiger charge is -2.15. The van der Waals surface area contributed by atoms with E-state index in [1.54, 1.807) is 4.90 Å². The van der Waals surface area contributed by atoms with E-state index in [1.165, 1.54) is 0 Å². The van der Waals surface area contributed by atoms with Crippen molar-refractivity contribution in [2.45, 2.75) is 26.7 Å². The van der Waals surface area contributed by atoms with Crippen LogP contribution in [0.5, 0.6) is 0 Å². The molecule has 0 atom stereocenters. The number of nitrogens with one attached hydrogen (secondary N) is 1. The molecule has 0 unspecified atom stereocenters. The van der Waals surface area contributed by atoms with E-state index in [-0.39, 0.29) is 24.3 Å². The van der Waals surface area contributed by atoms with Gasteiger partial charge in [0, 0.05) is 19.0 Å². The third-order valence-corrected chi connectivity index (χ3v) is 2.40. The molecule has 14 heavy (non-hydrogen) atoms. The predicted molar refractivity (Wildman–Crippen MR) is 53.7 cm³/mol. The second-order valence-corrected chi connectivity index (χ2v) is 3.96. The highest BCUT2D eigenvalue weighted by Crippen LogP contribution is 2.06. The van der Waals surface area contributed by atoms with Gasteiger partial charge in [-0.3, -0.25) is 9.59 Å². The molecule has 0 aromatic carbocycles. The lowest BCUT2D eigenvalue weighted by Crippen LogP contribution is -2.39. The average molecular weight is 198 g/mol. The fourth-order valence-corrected chi connectivity index (χ4v) is 1.45. The summed E-state index contributed by atoms with van der Waals surface area (Å²) in [6.07, 6.45) is 2.17. The minimum Gasteiger partial charge on any atom is -0.347 e. The molecule has 1 saturated heterocycles. The molecule has 4 nitrogen and oxygen atoms in total. The van der Waals surface area contributed by atoms with Crippen LogP contribution in [-0.2, 0) is 9.59 Å². The molecule has 0 aromatic rings. The van der Waals surface area contributed by atoms with Crippen molar-refractivity contribution in [1.29, 1.82) is 0 Å². The monoisotopic (exact) mass is 198 g/mol. The first-order valence-electron chi connectivity index (χ1n) is 5.16. The van der Waals surface area contributed by atoms with Crippen LogP contribution in [0.15, 0.2) is 0 Å². The Labute approximate surface area is 84.7 Å². The van der Waals surface area contributed by atoms with Crippen molar-refractivity contribution in [3.63, 3.8) is 0 Å². The number of nitrogens with zero attached hydrogens (tertiary/aromatic N) is 1. The van der Waals surface area contributed by atoms with Gasteiger partial charge in [0.25, 0.3) is 0 Å². The number of carbonyl (C=O) groups is 2. The highest BCUT2D eigenvalue weighted by atomic mass is 16.2. The summed E-state index contributed by atoms with van der Waals surface area (Å²) in [5, 5.41) is 2.63. The Morgan fingerprint density at radius 2 is 1.86 bits per heavy atom. The Balaban J connectivity index is 2.23. The van der Waals surface area contributed by atoms with Crippen molar-refractivity contribution in [1.82, 2.24) is 10.2 Å². The number of hydrogen-bond donors (Lipinski definition) is 1. The molecule has 1 fully saturated rings. The van der Waals surface area contributed by atoms with Gasteiger partial charge < -0.3 is 10.2 Å². The summed E-state index contributed by atoms with van der Waals surface area (Å²) in [5.41, 5.74) is 0. The summed E-state index contributed by atoms with van der Waals surface area (Å²) in [4.78, 5) is 24.5. The molecule has 0 radical (unpaired) electrons. The second-order valence-electron chi connectivity index (χ2n) is 3.96. The van der Waals surface area contributed by atoms with Crippen molar-refractivity contribution in [3.05, 3.63) is 0 Å². The van der Waals surface area contributed by atoms with Crippen molar-refractivity contribution >= 4 is 11.8 Å². The molecule has 4 heteroatoms. The Morgan fingerprint density at radius 1 is 1.29 bits per heavy atom. The third-order valence-electron chi connectivity index (χ3n) is 2.40. The van der Waals surface area contributed by atoms with Crippen molar-refractivity contribution in [2.24, 2.45) is 5.92 Å². The van der Waals surface area contributed by atoms with E-state index < -0.39 is 0 Å². The average Bonchev–Trinajstić information content (AvgIpc) is 2.66. The van der Waals surface area contributed by atoms with E-state index in [0.717, 1.165) is 25.9 Å². The summed E-state index contributed by atoms with van der Waals surface area (Å²) in [5.74, 6) is -0.0737. The van der Waals surface area contributed by atoms with E-state index in [2.05, 4.69) is 5.32 Å². The molecular formula is C10H18N2O2. The van der Waals surface area contributed by atoms with Gasteiger partial charge in [0.2, 0.25) is 11.8 Å². The Bertz CT molecular complexity index is 220. The zero-order valence-corrected chi connectivity index (χ0v) is 8.88. The van der Waals surface area contributed by atoms with Gasteiger partial charge in [0.05, 0.1) is 6.54 Å². The number of likely N-dealkylation sites (tertiary alicyclic amines) is 1. The van der Waals surface area contributed by atoms with Gasteiger partial charge in [-0.15, -0.1) is 0 Å². The van der Waals surface area contributed by atoms with Gasteiger partial charge >= 0.3 is 0 Å². The molecule has 1 N–H and O–H groups in total. The van der Waals surface area contributed by atoms with E-state index >= 15 is 0 Å². The normalized spacial score (nSPS) is 16.1. The number of hydrogen-bond acceptors (Lipinski definition) is 2. The zero-order chi connectivity index (χ0) is 10.6. The van der Waals surface area contributed by atoms with Crippen LogP contribution in [0.3, 0.4) is 0 Å². The molecular weight excluding hydrogens is 180 g/mol. The van der Waals surface area contributed by atoms with Crippen LogP contribution in [-0.4, -0.2) is 36.3 Å². The van der Waals surface area contributed by atoms with E-state index in [1.807, 2.05) is 13.8 Å². The van der Waals surface area contributed by atoms with Gasteiger partial charge in [0.1, 0.15) is 0 Å². The predicted octanol–water partition coefficient (Wildman–Crippen LogP) is 0.381.